The van der Waals surface area contributed by atoms with Crippen LogP contribution in [0.25, 0.3) is 0 Å². The summed E-state index contributed by atoms with van der Waals surface area (Å²) in [6.45, 7) is 29.6. The number of rotatable bonds is 20. The Hall–Kier alpha value is -0.990. The summed E-state index contributed by atoms with van der Waals surface area (Å²) in [5, 5.41) is 0. The Morgan fingerprint density at radius 3 is 1.00 bits per heavy atom. The highest BCUT2D eigenvalue weighted by Crippen LogP contribution is 2.25. The van der Waals surface area contributed by atoms with E-state index in [1.54, 1.807) is 20.8 Å². The molecular formula is C37H74O3. The topological polar surface area (TPSA) is 51.2 Å². The van der Waals surface area contributed by atoms with Crippen LogP contribution in [0.5, 0.6) is 0 Å². The molecule has 0 saturated heterocycles. The molecule has 0 radical (unpaired) electrons. The van der Waals surface area contributed by atoms with Crippen molar-refractivity contribution in [2.45, 2.75) is 174 Å². The number of carbonyl (C=O) groups is 3. The fourth-order valence-corrected chi connectivity index (χ4v) is 5.17. The molecule has 0 aliphatic heterocycles. The Morgan fingerprint density at radius 2 is 0.700 bits per heavy atom. The van der Waals surface area contributed by atoms with E-state index in [1.807, 2.05) is 0 Å². The summed E-state index contributed by atoms with van der Waals surface area (Å²) in [7, 11) is 0. The average Bonchev–Trinajstić information content (AvgIpc) is 2.91. The second-order valence-corrected chi connectivity index (χ2v) is 13.4. The van der Waals surface area contributed by atoms with E-state index >= 15 is 0 Å². The highest BCUT2D eigenvalue weighted by Gasteiger charge is 2.19. The van der Waals surface area contributed by atoms with E-state index in [1.165, 1.54) is 38.5 Å². The van der Waals surface area contributed by atoms with Crippen LogP contribution >= 0.6 is 0 Å². The Labute approximate surface area is 252 Å². The lowest BCUT2D eigenvalue weighted by Crippen LogP contribution is -2.17. The first-order valence-corrected chi connectivity index (χ1v) is 17.1. The van der Waals surface area contributed by atoms with E-state index in [9.17, 15) is 14.4 Å². The molecule has 0 bridgehead atoms. The highest BCUT2D eigenvalue weighted by molar-refractivity contribution is 5.78. The van der Waals surface area contributed by atoms with Crippen molar-refractivity contribution < 1.29 is 14.4 Å². The van der Waals surface area contributed by atoms with Crippen LogP contribution in [0.3, 0.4) is 0 Å². The van der Waals surface area contributed by atoms with E-state index < -0.39 is 0 Å². The van der Waals surface area contributed by atoms with Crippen molar-refractivity contribution in [1.82, 2.24) is 0 Å². The van der Waals surface area contributed by atoms with Crippen LogP contribution in [0.15, 0.2) is 0 Å². The van der Waals surface area contributed by atoms with E-state index in [0.717, 1.165) is 50.4 Å². The van der Waals surface area contributed by atoms with Crippen LogP contribution in [-0.2, 0) is 14.4 Å². The zero-order chi connectivity index (χ0) is 31.8. The van der Waals surface area contributed by atoms with Gasteiger partial charge in [-0.2, -0.15) is 0 Å². The lowest BCUT2D eigenvalue weighted by molar-refractivity contribution is -0.122. The zero-order valence-electron chi connectivity index (χ0n) is 29.8. The molecule has 7 unspecified atom stereocenters. The molecule has 240 valence electrons. The average molecular weight is 567 g/mol. The fourth-order valence-electron chi connectivity index (χ4n) is 5.17. The highest BCUT2D eigenvalue weighted by atomic mass is 16.1. The minimum atomic E-state index is 0.300. The normalized spacial score (nSPS) is 16.9. The monoisotopic (exact) mass is 567 g/mol. The van der Waals surface area contributed by atoms with Gasteiger partial charge in [-0.3, -0.25) is 14.4 Å². The van der Waals surface area contributed by atoms with E-state index in [2.05, 4.69) is 76.2 Å². The molecule has 0 aromatic rings. The number of carbonyl (C=O) groups excluding carboxylic acids is 3. The number of Topliss-reactive ketones (excluding diaryl/α,β-unsaturated/α-hetero) is 3. The molecule has 40 heavy (non-hydrogen) atoms. The van der Waals surface area contributed by atoms with Gasteiger partial charge in [0.2, 0.25) is 0 Å². The number of ketones is 3. The minimum Gasteiger partial charge on any atom is -0.300 e. The fraction of sp³-hybridized carbons (Fsp3) is 0.919. The van der Waals surface area contributed by atoms with Gasteiger partial charge in [-0.05, 0) is 95.3 Å². The first-order chi connectivity index (χ1) is 18.6. The first kappa shape index (κ1) is 43.5. The lowest BCUT2D eigenvalue weighted by atomic mass is 9.84. The van der Waals surface area contributed by atoms with Gasteiger partial charge in [-0.15, -0.1) is 0 Å². The van der Waals surface area contributed by atoms with Gasteiger partial charge in [-0.1, -0.05) is 108 Å². The Kier molecular flexibility index (Phi) is 29.2. The van der Waals surface area contributed by atoms with Gasteiger partial charge in [0.25, 0.3) is 0 Å². The van der Waals surface area contributed by atoms with Gasteiger partial charge >= 0.3 is 0 Å². The van der Waals surface area contributed by atoms with E-state index in [-0.39, 0.29) is 0 Å². The molecule has 0 aromatic heterocycles. The van der Waals surface area contributed by atoms with Crippen LogP contribution in [0.4, 0.5) is 0 Å². The second-order valence-electron chi connectivity index (χ2n) is 13.4. The van der Waals surface area contributed by atoms with Crippen molar-refractivity contribution in [3.8, 4) is 0 Å². The van der Waals surface area contributed by atoms with Crippen LogP contribution in [0.2, 0.25) is 0 Å². The summed E-state index contributed by atoms with van der Waals surface area (Å²) in [5.74, 6) is 5.68. The molecule has 0 spiro atoms. The first-order valence-electron chi connectivity index (χ1n) is 17.1. The lowest BCUT2D eigenvalue weighted by Gasteiger charge is -2.20. The van der Waals surface area contributed by atoms with Crippen LogP contribution < -0.4 is 0 Å². The standard InChI is InChI=1S/2C13H26O.C11H22O/c1-6-10(3)8-11(4)9-13(7-2)12(5)14;1-6-10(3)8-13(12(5)14)9-11(4)7-2;1-5-9(3)7-8-11(6-2)10(4)12/h2*10-11,13H,6-9H2,1-5H3;9,11H,5-8H2,1-4H3. The third-order valence-corrected chi connectivity index (χ3v) is 9.37. The van der Waals surface area contributed by atoms with Crippen molar-refractivity contribution in [3.05, 3.63) is 0 Å². The van der Waals surface area contributed by atoms with E-state index in [4.69, 9.17) is 0 Å². The van der Waals surface area contributed by atoms with E-state index in [0.29, 0.717) is 52.9 Å². The Balaban J connectivity index is -0.000000515. The summed E-state index contributed by atoms with van der Waals surface area (Å²) in [6.07, 6.45) is 13.6. The number of hydrogen-bond acceptors (Lipinski definition) is 3. The molecule has 0 aliphatic carbocycles. The summed E-state index contributed by atoms with van der Waals surface area (Å²) >= 11 is 0. The van der Waals surface area contributed by atoms with Gasteiger partial charge < -0.3 is 0 Å². The molecule has 0 saturated carbocycles. The molecule has 0 heterocycles. The third-order valence-electron chi connectivity index (χ3n) is 9.37. The predicted octanol–water partition coefficient (Wildman–Crippen LogP) is 11.6. The molecule has 7 atom stereocenters. The van der Waals surface area contributed by atoms with Crippen LogP contribution in [0.1, 0.15) is 174 Å². The predicted molar refractivity (Wildman–Crippen MR) is 178 cm³/mol. The molecule has 3 nitrogen and oxygen atoms in total. The molecular weight excluding hydrogens is 492 g/mol. The maximum absolute atomic E-state index is 11.4. The molecule has 0 amide bonds. The van der Waals surface area contributed by atoms with Gasteiger partial charge in [0, 0.05) is 17.8 Å². The maximum atomic E-state index is 11.4. The zero-order valence-corrected chi connectivity index (χ0v) is 29.8. The second kappa shape index (κ2) is 26.9. The van der Waals surface area contributed by atoms with Gasteiger partial charge in [0.05, 0.1) is 0 Å². The largest absolute Gasteiger partial charge is 0.300 e. The summed E-state index contributed by atoms with van der Waals surface area (Å²) in [4.78, 5) is 33.8. The van der Waals surface area contributed by atoms with Gasteiger partial charge in [0.1, 0.15) is 17.3 Å². The van der Waals surface area contributed by atoms with Crippen LogP contribution in [-0.4, -0.2) is 17.3 Å². The van der Waals surface area contributed by atoms with Crippen molar-refractivity contribution in [2.75, 3.05) is 0 Å². The smallest absolute Gasteiger partial charge is 0.132 e. The molecule has 0 aromatic carbocycles. The van der Waals surface area contributed by atoms with Crippen molar-refractivity contribution in [2.24, 2.45) is 47.3 Å². The van der Waals surface area contributed by atoms with Gasteiger partial charge in [0.15, 0.2) is 0 Å². The quantitative estimate of drug-likeness (QED) is 0.147. The van der Waals surface area contributed by atoms with Crippen molar-refractivity contribution >= 4 is 17.3 Å². The molecule has 0 fully saturated rings. The Bertz CT molecular complexity index is 613. The molecule has 0 rings (SSSR count). The number of hydrogen-bond donors (Lipinski definition) is 0. The minimum absolute atomic E-state index is 0.300. The molecule has 0 N–H and O–H groups in total. The summed E-state index contributed by atoms with van der Waals surface area (Å²) in [6, 6.07) is 0. The summed E-state index contributed by atoms with van der Waals surface area (Å²) in [5.41, 5.74) is 0. The molecule has 3 heteroatoms. The third kappa shape index (κ3) is 24.8. The van der Waals surface area contributed by atoms with Crippen LogP contribution in [0, 0.1) is 47.3 Å². The Morgan fingerprint density at radius 1 is 0.375 bits per heavy atom. The maximum Gasteiger partial charge on any atom is 0.132 e. The van der Waals surface area contributed by atoms with Crippen molar-refractivity contribution in [1.29, 1.82) is 0 Å². The molecule has 0 aliphatic rings. The SMILES string of the molecule is CCC(C)CC(C)CC(CC)C(C)=O.CCC(C)CC(CC(C)CC)C(C)=O.CCC(C)CCC(CC)C(C)=O. The summed E-state index contributed by atoms with van der Waals surface area (Å²) < 4.78 is 0. The van der Waals surface area contributed by atoms with Crippen molar-refractivity contribution in [3.63, 3.8) is 0 Å². The van der Waals surface area contributed by atoms with Gasteiger partial charge in [-0.25, -0.2) is 0 Å².